The van der Waals surface area contributed by atoms with Gasteiger partial charge >= 0.3 is 0 Å². The number of hydrogen-bond acceptors (Lipinski definition) is 2. The molecule has 0 aliphatic heterocycles. The third-order valence-electron chi connectivity index (χ3n) is 5.50. The normalized spacial score (nSPS) is 20.9. The molecule has 0 bridgehead atoms. The molecule has 1 aliphatic rings. The van der Waals surface area contributed by atoms with E-state index in [9.17, 15) is 5.11 Å². The second-order valence-electron chi connectivity index (χ2n) is 7.70. The molecular formula is C21H32ClNO. The van der Waals surface area contributed by atoms with Gasteiger partial charge in [0.1, 0.15) is 0 Å². The van der Waals surface area contributed by atoms with Crippen molar-refractivity contribution in [3.8, 4) is 0 Å². The van der Waals surface area contributed by atoms with E-state index >= 15 is 0 Å². The van der Waals surface area contributed by atoms with Gasteiger partial charge in [-0.2, -0.15) is 0 Å². The molecule has 1 saturated carbocycles. The number of nitrogens with zero attached hydrogens (tertiary/aromatic N) is 1. The maximum Gasteiger partial charge on any atom is 0.0922 e. The van der Waals surface area contributed by atoms with Crippen molar-refractivity contribution < 1.29 is 5.11 Å². The van der Waals surface area contributed by atoms with Crippen LogP contribution in [0.1, 0.15) is 51.5 Å². The predicted molar refractivity (Wildman–Crippen MR) is 104 cm³/mol. The molecule has 1 aromatic rings. The van der Waals surface area contributed by atoms with Crippen molar-refractivity contribution in [1.29, 1.82) is 0 Å². The highest BCUT2D eigenvalue weighted by Gasteiger charge is 2.43. The molecule has 1 aliphatic carbocycles. The van der Waals surface area contributed by atoms with E-state index in [1.54, 1.807) is 0 Å². The number of benzene rings is 1. The fourth-order valence-corrected chi connectivity index (χ4v) is 4.39. The van der Waals surface area contributed by atoms with Gasteiger partial charge in [0.2, 0.25) is 0 Å². The molecule has 0 spiro atoms. The SMILES string of the molecule is C/C(=C\c1ccc(Cl)cc1)C(O)(C(C)CN(C)C)C1CCCCC1. The van der Waals surface area contributed by atoms with Crippen LogP contribution in [-0.2, 0) is 0 Å². The highest BCUT2D eigenvalue weighted by molar-refractivity contribution is 6.30. The quantitative estimate of drug-likeness (QED) is 0.757. The van der Waals surface area contributed by atoms with Crippen molar-refractivity contribution in [1.82, 2.24) is 4.90 Å². The Bertz CT molecular complexity index is 545. The fourth-order valence-electron chi connectivity index (χ4n) is 4.27. The molecule has 1 aromatic carbocycles. The summed E-state index contributed by atoms with van der Waals surface area (Å²) in [6, 6.07) is 7.85. The Balaban J connectivity index is 2.34. The van der Waals surface area contributed by atoms with Crippen LogP contribution in [0.3, 0.4) is 0 Å². The van der Waals surface area contributed by atoms with Crippen molar-refractivity contribution >= 4 is 17.7 Å². The van der Waals surface area contributed by atoms with Gasteiger partial charge in [-0.3, -0.25) is 0 Å². The van der Waals surface area contributed by atoms with Crippen molar-refractivity contribution in [2.75, 3.05) is 20.6 Å². The van der Waals surface area contributed by atoms with E-state index in [1.807, 2.05) is 24.3 Å². The molecule has 0 aromatic heterocycles. The van der Waals surface area contributed by atoms with Gasteiger partial charge in [-0.05, 0) is 63.0 Å². The van der Waals surface area contributed by atoms with Gasteiger partial charge in [0.05, 0.1) is 5.60 Å². The van der Waals surface area contributed by atoms with Gasteiger partial charge < -0.3 is 10.0 Å². The summed E-state index contributed by atoms with van der Waals surface area (Å²) in [5.41, 5.74) is 1.43. The lowest BCUT2D eigenvalue weighted by Gasteiger charge is -2.44. The topological polar surface area (TPSA) is 23.5 Å². The first-order valence-corrected chi connectivity index (χ1v) is 9.53. The Morgan fingerprint density at radius 3 is 2.38 bits per heavy atom. The van der Waals surface area contributed by atoms with Gasteiger partial charge in [-0.1, -0.05) is 56.0 Å². The molecule has 134 valence electrons. The predicted octanol–water partition coefficient (Wildman–Crippen LogP) is 5.25. The molecule has 2 nitrogen and oxygen atoms in total. The second kappa shape index (κ2) is 8.51. The van der Waals surface area contributed by atoms with E-state index in [4.69, 9.17) is 11.6 Å². The van der Waals surface area contributed by atoms with E-state index in [-0.39, 0.29) is 5.92 Å². The summed E-state index contributed by atoms with van der Waals surface area (Å²) in [5, 5.41) is 12.6. The zero-order valence-electron chi connectivity index (χ0n) is 15.6. The zero-order valence-corrected chi connectivity index (χ0v) is 16.3. The lowest BCUT2D eigenvalue weighted by Crippen LogP contribution is -2.49. The Kier molecular flexibility index (Phi) is 6.91. The van der Waals surface area contributed by atoms with Gasteiger partial charge in [-0.15, -0.1) is 0 Å². The Morgan fingerprint density at radius 1 is 1.25 bits per heavy atom. The van der Waals surface area contributed by atoms with Gasteiger partial charge in [-0.25, -0.2) is 0 Å². The molecule has 1 N–H and O–H groups in total. The van der Waals surface area contributed by atoms with Crippen LogP contribution in [0, 0.1) is 11.8 Å². The van der Waals surface area contributed by atoms with Crippen LogP contribution in [0.5, 0.6) is 0 Å². The molecule has 24 heavy (non-hydrogen) atoms. The third-order valence-corrected chi connectivity index (χ3v) is 5.75. The molecule has 0 amide bonds. The smallest absolute Gasteiger partial charge is 0.0922 e. The highest BCUT2D eigenvalue weighted by atomic mass is 35.5. The van der Waals surface area contributed by atoms with Gasteiger partial charge in [0.25, 0.3) is 0 Å². The Labute approximate surface area is 152 Å². The summed E-state index contributed by atoms with van der Waals surface area (Å²) in [6.07, 6.45) is 8.15. The van der Waals surface area contributed by atoms with Gasteiger partial charge in [0.15, 0.2) is 0 Å². The third kappa shape index (κ3) is 4.62. The maximum absolute atomic E-state index is 11.8. The summed E-state index contributed by atoms with van der Waals surface area (Å²) >= 11 is 5.99. The summed E-state index contributed by atoms with van der Waals surface area (Å²) in [5.74, 6) is 0.545. The minimum Gasteiger partial charge on any atom is -0.385 e. The van der Waals surface area contributed by atoms with Crippen LogP contribution in [0.15, 0.2) is 29.8 Å². The molecule has 0 heterocycles. The minimum absolute atomic E-state index is 0.194. The van der Waals surface area contributed by atoms with Crippen LogP contribution < -0.4 is 0 Å². The molecular weight excluding hydrogens is 318 g/mol. The van der Waals surface area contributed by atoms with Crippen molar-refractivity contribution in [3.05, 3.63) is 40.4 Å². The monoisotopic (exact) mass is 349 g/mol. The Morgan fingerprint density at radius 2 is 1.83 bits per heavy atom. The van der Waals surface area contributed by atoms with Gasteiger partial charge in [0, 0.05) is 17.5 Å². The number of hydrogen-bond donors (Lipinski definition) is 1. The van der Waals surface area contributed by atoms with Crippen LogP contribution in [0.4, 0.5) is 0 Å². The van der Waals surface area contributed by atoms with E-state index < -0.39 is 5.60 Å². The van der Waals surface area contributed by atoms with Crippen LogP contribution in [0.25, 0.3) is 6.08 Å². The lowest BCUT2D eigenvalue weighted by molar-refractivity contribution is -0.0493. The highest BCUT2D eigenvalue weighted by Crippen LogP contribution is 2.42. The first kappa shape index (κ1) is 19.5. The lowest BCUT2D eigenvalue weighted by atomic mass is 9.67. The standard InChI is InChI=1S/C21H32ClNO/c1-16(14-18-10-12-20(22)13-11-18)21(24,17(2)15-23(3)4)19-8-6-5-7-9-19/h10-14,17,19,24H,5-9,15H2,1-4H3/b16-14+. The van der Waals surface area contributed by atoms with Crippen LogP contribution >= 0.6 is 11.6 Å². The maximum atomic E-state index is 11.8. The molecule has 3 heteroatoms. The number of rotatable bonds is 6. The number of halogens is 1. The molecule has 1 fully saturated rings. The number of aliphatic hydroxyl groups is 1. The average molecular weight is 350 g/mol. The van der Waals surface area contributed by atoms with Crippen molar-refractivity contribution in [2.45, 2.75) is 51.6 Å². The molecule has 2 rings (SSSR count). The summed E-state index contributed by atoms with van der Waals surface area (Å²) in [6.45, 7) is 5.17. The van der Waals surface area contributed by atoms with Crippen LogP contribution in [-0.4, -0.2) is 36.2 Å². The fraction of sp³-hybridized carbons (Fsp3) is 0.619. The van der Waals surface area contributed by atoms with E-state index in [0.29, 0.717) is 5.92 Å². The summed E-state index contributed by atoms with van der Waals surface area (Å²) in [7, 11) is 4.16. The summed E-state index contributed by atoms with van der Waals surface area (Å²) < 4.78 is 0. The minimum atomic E-state index is -0.746. The van der Waals surface area contributed by atoms with E-state index in [0.717, 1.165) is 35.5 Å². The average Bonchev–Trinajstić information content (AvgIpc) is 2.56. The molecule has 2 unspecified atom stereocenters. The second-order valence-corrected chi connectivity index (χ2v) is 8.14. The largest absolute Gasteiger partial charge is 0.385 e. The summed E-state index contributed by atoms with van der Waals surface area (Å²) in [4.78, 5) is 2.17. The Hall–Kier alpha value is -0.830. The van der Waals surface area contributed by atoms with Crippen molar-refractivity contribution in [3.63, 3.8) is 0 Å². The first-order valence-electron chi connectivity index (χ1n) is 9.15. The molecule has 2 atom stereocenters. The molecule has 0 saturated heterocycles. The zero-order chi connectivity index (χ0) is 17.7. The van der Waals surface area contributed by atoms with E-state index in [1.165, 1.54) is 19.3 Å². The van der Waals surface area contributed by atoms with Crippen LogP contribution in [0.2, 0.25) is 5.02 Å². The first-order chi connectivity index (χ1) is 11.3. The van der Waals surface area contributed by atoms with Crippen molar-refractivity contribution in [2.24, 2.45) is 11.8 Å². The van der Waals surface area contributed by atoms with E-state index in [2.05, 4.69) is 38.9 Å². The molecule has 0 radical (unpaired) electrons.